The molecule has 1 heterocycles. The molecule has 1 aromatic carbocycles. The Labute approximate surface area is 142 Å². The Bertz CT molecular complexity index is 631. The normalized spacial score (nSPS) is 21.1. The van der Waals surface area contributed by atoms with Crippen LogP contribution in [0.1, 0.15) is 49.4 Å². The second-order valence-electron chi connectivity index (χ2n) is 5.74. The standard InChI is InChI=1S/C16H18ClF3N2O2/c1-2-3-4-5-13-10-15(24,16(18,19)20)22(21-13)14(23)11-6-8-12(17)9-7-11/h6-9,24H,2-5,10H2,1H3/t15-/m0/s1. The Morgan fingerprint density at radius 2 is 1.96 bits per heavy atom. The molecular weight excluding hydrogens is 345 g/mol. The minimum atomic E-state index is -5.01. The molecule has 1 aromatic rings. The molecule has 0 fully saturated rings. The van der Waals surface area contributed by atoms with E-state index in [1.54, 1.807) is 0 Å². The van der Waals surface area contributed by atoms with E-state index in [0.29, 0.717) is 17.9 Å². The lowest BCUT2D eigenvalue weighted by Gasteiger charge is -2.32. The Morgan fingerprint density at radius 3 is 2.50 bits per heavy atom. The maximum absolute atomic E-state index is 13.4. The second kappa shape index (κ2) is 7.11. The highest BCUT2D eigenvalue weighted by Gasteiger charge is 2.63. The van der Waals surface area contributed by atoms with Crippen molar-refractivity contribution in [2.24, 2.45) is 5.10 Å². The fourth-order valence-corrected chi connectivity index (χ4v) is 2.61. The number of halogens is 4. The summed E-state index contributed by atoms with van der Waals surface area (Å²) in [4.78, 5) is 12.4. The molecule has 1 aliphatic heterocycles. The van der Waals surface area contributed by atoms with Gasteiger partial charge in [-0.3, -0.25) is 4.79 Å². The minimum absolute atomic E-state index is 0.0272. The Hall–Kier alpha value is -1.60. The van der Waals surface area contributed by atoms with Crippen LogP contribution in [0.2, 0.25) is 5.02 Å². The van der Waals surface area contributed by atoms with Crippen molar-refractivity contribution in [2.75, 3.05) is 0 Å². The van der Waals surface area contributed by atoms with Gasteiger partial charge in [-0.1, -0.05) is 31.4 Å². The number of carbonyl (C=O) groups excluding carboxylic acids is 1. The fourth-order valence-electron chi connectivity index (χ4n) is 2.48. The first kappa shape index (κ1) is 18.7. The maximum Gasteiger partial charge on any atom is 0.438 e. The number of aliphatic hydroxyl groups is 1. The zero-order valence-corrected chi connectivity index (χ0v) is 13.9. The third-order valence-corrected chi connectivity index (χ3v) is 4.10. The van der Waals surface area contributed by atoms with Crippen molar-refractivity contribution in [3.8, 4) is 0 Å². The van der Waals surface area contributed by atoms with Gasteiger partial charge < -0.3 is 5.11 Å². The van der Waals surface area contributed by atoms with E-state index < -0.39 is 24.2 Å². The van der Waals surface area contributed by atoms with Crippen LogP contribution in [0.15, 0.2) is 29.4 Å². The molecule has 0 saturated carbocycles. The number of benzene rings is 1. The fraction of sp³-hybridized carbons (Fsp3) is 0.500. The summed E-state index contributed by atoms with van der Waals surface area (Å²) in [5, 5.41) is 14.4. The summed E-state index contributed by atoms with van der Waals surface area (Å²) in [6.45, 7) is 1.97. The van der Waals surface area contributed by atoms with Crippen LogP contribution in [0.5, 0.6) is 0 Å². The number of rotatable bonds is 5. The van der Waals surface area contributed by atoms with Gasteiger partial charge in [0.25, 0.3) is 11.6 Å². The van der Waals surface area contributed by atoms with Gasteiger partial charge in [0.1, 0.15) is 0 Å². The smallest absolute Gasteiger partial charge is 0.362 e. The van der Waals surface area contributed by atoms with Crippen LogP contribution in [0.25, 0.3) is 0 Å². The van der Waals surface area contributed by atoms with Gasteiger partial charge in [0, 0.05) is 22.7 Å². The lowest BCUT2D eigenvalue weighted by molar-refractivity contribution is -0.297. The summed E-state index contributed by atoms with van der Waals surface area (Å²) in [7, 11) is 0. The van der Waals surface area contributed by atoms with Gasteiger partial charge in [-0.15, -0.1) is 0 Å². The van der Waals surface area contributed by atoms with E-state index in [1.165, 1.54) is 24.3 Å². The van der Waals surface area contributed by atoms with E-state index in [4.69, 9.17) is 11.6 Å². The summed E-state index contributed by atoms with van der Waals surface area (Å²) in [5.74, 6) is -1.02. The molecule has 1 N–H and O–H groups in total. The average Bonchev–Trinajstić information content (AvgIpc) is 2.85. The second-order valence-corrected chi connectivity index (χ2v) is 6.17. The Balaban J connectivity index is 2.30. The van der Waals surface area contributed by atoms with E-state index in [9.17, 15) is 23.1 Å². The lowest BCUT2D eigenvalue weighted by atomic mass is 10.0. The van der Waals surface area contributed by atoms with Gasteiger partial charge in [-0.2, -0.15) is 23.3 Å². The monoisotopic (exact) mass is 362 g/mol. The summed E-state index contributed by atoms with van der Waals surface area (Å²) in [5.41, 5.74) is -3.17. The summed E-state index contributed by atoms with van der Waals surface area (Å²) < 4.78 is 40.1. The van der Waals surface area contributed by atoms with Gasteiger partial charge in [-0.05, 0) is 37.1 Å². The molecule has 0 radical (unpaired) electrons. The van der Waals surface area contributed by atoms with Gasteiger partial charge in [-0.25, -0.2) is 0 Å². The topological polar surface area (TPSA) is 52.9 Å². The number of carbonyl (C=O) groups is 1. The molecule has 8 heteroatoms. The molecule has 24 heavy (non-hydrogen) atoms. The first-order chi connectivity index (χ1) is 11.2. The number of amides is 1. The minimum Gasteiger partial charge on any atom is -0.362 e. The quantitative estimate of drug-likeness (QED) is 0.790. The highest BCUT2D eigenvalue weighted by atomic mass is 35.5. The molecular formula is C16H18ClF3N2O2. The number of hydrazone groups is 1. The van der Waals surface area contributed by atoms with E-state index in [2.05, 4.69) is 5.10 Å². The molecule has 1 amide bonds. The number of nitrogens with zero attached hydrogens (tertiary/aromatic N) is 2. The van der Waals surface area contributed by atoms with Crippen molar-refractivity contribution in [1.29, 1.82) is 0 Å². The SMILES string of the molecule is CCCCCC1=NN(C(=O)c2ccc(Cl)cc2)[C@@](O)(C(F)(F)F)C1. The molecule has 0 aromatic heterocycles. The van der Waals surface area contributed by atoms with Crippen molar-refractivity contribution >= 4 is 23.2 Å². The van der Waals surface area contributed by atoms with E-state index in [1.807, 2.05) is 6.92 Å². The average molecular weight is 363 g/mol. The maximum atomic E-state index is 13.4. The highest BCUT2D eigenvalue weighted by molar-refractivity contribution is 6.30. The third kappa shape index (κ3) is 3.72. The highest BCUT2D eigenvalue weighted by Crippen LogP contribution is 2.41. The van der Waals surface area contributed by atoms with Gasteiger partial charge in [0.05, 0.1) is 0 Å². The third-order valence-electron chi connectivity index (χ3n) is 3.85. The molecule has 0 spiro atoms. The van der Waals surface area contributed by atoms with Gasteiger partial charge >= 0.3 is 6.18 Å². The molecule has 1 aliphatic rings. The molecule has 1 atom stereocenters. The number of unbranched alkanes of at least 4 members (excludes halogenated alkanes) is 2. The molecule has 0 bridgehead atoms. The summed E-state index contributed by atoms with van der Waals surface area (Å²) in [6, 6.07) is 5.38. The predicted molar refractivity (Wildman–Crippen MR) is 84.8 cm³/mol. The molecule has 0 saturated heterocycles. The zero-order chi connectivity index (χ0) is 18.0. The van der Waals surface area contributed by atoms with Crippen LogP contribution in [-0.4, -0.2) is 33.6 Å². The first-order valence-electron chi connectivity index (χ1n) is 7.64. The van der Waals surface area contributed by atoms with E-state index >= 15 is 0 Å². The summed E-state index contributed by atoms with van der Waals surface area (Å²) >= 11 is 5.72. The molecule has 4 nitrogen and oxygen atoms in total. The van der Waals surface area contributed by atoms with Crippen molar-refractivity contribution < 1.29 is 23.1 Å². The molecule has 0 unspecified atom stereocenters. The largest absolute Gasteiger partial charge is 0.438 e. The van der Waals surface area contributed by atoms with Crippen LogP contribution >= 0.6 is 11.6 Å². The summed E-state index contributed by atoms with van der Waals surface area (Å²) in [6.07, 6.45) is -3.01. The lowest BCUT2D eigenvalue weighted by Crippen LogP contribution is -2.56. The number of alkyl halides is 3. The van der Waals surface area contributed by atoms with Crippen molar-refractivity contribution in [3.05, 3.63) is 34.9 Å². The molecule has 0 aliphatic carbocycles. The Kier molecular flexibility index (Phi) is 5.55. The van der Waals surface area contributed by atoms with Crippen LogP contribution in [0.3, 0.4) is 0 Å². The van der Waals surface area contributed by atoms with Crippen LogP contribution in [0, 0.1) is 0 Å². The van der Waals surface area contributed by atoms with Gasteiger partial charge in [0.2, 0.25) is 0 Å². The van der Waals surface area contributed by atoms with Gasteiger partial charge in [0.15, 0.2) is 0 Å². The Morgan fingerprint density at radius 1 is 1.33 bits per heavy atom. The van der Waals surface area contributed by atoms with Crippen LogP contribution in [0.4, 0.5) is 13.2 Å². The number of hydrogen-bond acceptors (Lipinski definition) is 3. The van der Waals surface area contributed by atoms with E-state index in [0.717, 1.165) is 12.8 Å². The van der Waals surface area contributed by atoms with Crippen molar-refractivity contribution in [3.63, 3.8) is 0 Å². The molecule has 132 valence electrons. The van der Waals surface area contributed by atoms with Crippen LogP contribution in [-0.2, 0) is 0 Å². The van der Waals surface area contributed by atoms with Crippen LogP contribution < -0.4 is 0 Å². The zero-order valence-electron chi connectivity index (χ0n) is 13.1. The van der Waals surface area contributed by atoms with Crippen molar-refractivity contribution in [1.82, 2.24) is 5.01 Å². The predicted octanol–water partition coefficient (Wildman–Crippen LogP) is 4.37. The van der Waals surface area contributed by atoms with E-state index in [-0.39, 0.29) is 16.3 Å². The number of hydrogen-bond donors (Lipinski definition) is 1. The van der Waals surface area contributed by atoms with Crippen molar-refractivity contribution in [2.45, 2.75) is 50.9 Å². The first-order valence-corrected chi connectivity index (χ1v) is 8.02. The molecule has 2 rings (SSSR count).